The van der Waals surface area contributed by atoms with Crippen LogP contribution in [0.25, 0.3) is 22.3 Å². The molecular weight excluding hydrogens is 547 g/mol. The Hall–Kier alpha value is -4.18. The molecule has 0 atom stereocenters. The van der Waals surface area contributed by atoms with Gasteiger partial charge in [0, 0.05) is 31.5 Å². The third-order valence-corrected chi connectivity index (χ3v) is 11.1. The van der Waals surface area contributed by atoms with Gasteiger partial charge in [0.1, 0.15) is 0 Å². The van der Waals surface area contributed by atoms with Crippen LogP contribution in [0.3, 0.4) is 0 Å². The quantitative estimate of drug-likeness (QED) is 0.205. The predicted octanol–water partition coefficient (Wildman–Crippen LogP) is 11.7. The maximum Gasteiger partial charge on any atom is 0.0612 e. The van der Waals surface area contributed by atoms with Crippen molar-refractivity contribution in [2.24, 2.45) is 0 Å². The molecule has 2 aliphatic rings. The molecule has 0 aromatic heterocycles. The van der Waals surface area contributed by atoms with Crippen molar-refractivity contribution in [2.45, 2.75) is 38.8 Å². The lowest BCUT2D eigenvalue weighted by Gasteiger charge is -2.31. The summed E-state index contributed by atoms with van der Waals surface area (Å²) in [6, 6.07) is 51.0. The monoisotopic (exact) mass is 575 g/mol. The summed E-state index contributed by atoms with van der Waals surface area (Å²) in [5, 5.41) is 0. The van der Waals surface area contributed by atoms with Gasteiger partial charge in [-0.1, -0.05) is 128 Å². The third-order valence-electron chi connectivity index (χ3n) is 8.54. The molecule has 42 heavy (non-hydrogen) atoms. The zero-order valence-electron chi connectivity index (χ0n) is 23.5. The minimum Gasteiger partial charge on any atom is -0.309 e. The van der Waals surface area contributed by atoms with Crippen molar-refractivity contribution in [3.8, 4) is 22.3 Å². The molecule has 0 radical (unpaired) electrons. The van der Waals surface area contributed by atoms with Gasteiger partial charge in [-0.25, -0.2) is 0 Å². The first-order valence-electron chi connectivity index (χ1n) is 14.4. The van der Waals surface area contributed by atoms with Gasteiger partial charge in [0.25, 0.3) is 0 Å². The molecule has 1 aliphatic heterocycles. The molecule has 0 amide bonds. The highest BCUT2D eigenvalue weighted by Gasteiger charge is 2.36. The van der Waals surface area contributed by atoms with Crippen LogP contribution in [-0.4, -0.2) is 0 Å². The predicted molar refractivity (Wildman–Crippen MR) is 179 cm³/mol. The summed E-state index contributed by atoms with van der Waals surface area (Å²) in [6.07, 6.45) is 0. The topological polar surface area (TPSA) is 3.24 Å². The third kappa shape index (κ3) is 4.11. The van der Waals surface area contributed by atoms with Gasteiger partial charge in [-0.3, -0.25) is 0 Å². The fourth-order valence-electron chi connectivity index (χ4n) is 6.40. The summed E-state index contributed by atoms with van der Waals surface area (Å²) < 4.78 is 0. The van der Waals surface area contributed by atoms with E-state index in [1.165, 1.54) is 64.3 Å². The fraction of sp³-hybridized carbons (Fsp3) is 0.0769. The lowest BCUT2D eigenvalue weighted by atomic mass is 9.82. The van der Waals surface area contributed by atoms with E-state index in [1.54, 1.807) is 0 Å². The molecule has 1 aliphatic carbocycles. The van der Waals surface area contributed by atoms with Crippen LogP contribution in [0.15, 0.2) is 159 Å². The van der Waals surface area contributed by atoms with Gasteiger partial charge in [0.05, 0.1) is 10.6 Å². The molecule has 202 valence electrons. The van der Waals surface area contributed by atoms with Crippen LogP contribution in [0, 0.1) is 0 Å². The molecule has 0 saturated heterocycles. The summed E-state index contributed by atoms with van der Waals surface area (Å²) in [5.74, 6) is 0. The van der Waals surface area contributed by atoms with Crippen molar-refractivity contribution >= 4 is 40.6 Å². The first kappa shape index (κ1) is 25.5. The number of fused-ring (bicyclic) bond motifs is 5. The number of benzene rings is 6. The average Bonchev–Trinajstić information content (AvgIpc) is 3.27. The van der Waals surface area contributed by atoms with Crippen LogP contribution in [0.2, 0.25) is 0 Å². The number of anilines is 3. The minimum absolute atomic E-state index is 0.0650. The molecule has 0 fully saturated rings. The Morgan fingerprint density at radius 3 is 1.90 bits per heavy atom. The van der Waals surface area contributed by atoms with Crippen LogP contribution in [0.4, 0.5) is 17.1 Å². The van der Waals surface area contributed by atoms with E-state index >= 15 is 0 Å². The summed E-state index contributed by atoms with van der Waals surface area (Å²) in [4.78, 5) is 7.69. The van der Waals surface area contributed by atoms with Gasteiger partial charge in [0.15, 0.2) is 0 Å². The van der Waals surface area contributed by atoms with Crippen LogP contribution < -0.4 is 4.90 Å². The Bertz CT molecular complexity index is 1960. The average molecular weight is 576 g/mol. The molecule has 6 aromatic rings. The molecule has 6 aromatic carbocycles. The summed E-state index contributed by atoms with van der Waals surface area (Å²) in [5.41, 5.74) is 11.4. The number of nitrogens with zero attached hydrogens (tertiary/aromatic N) is 1. The number of hydrogen-bond donors (Lipinski definition) is 0. The molecule has 0 N–H and O–H groups in total. The summed E-state index contributed by atoms with van der Waals surface area (Å²) in [7, 11) is 0. The molecule has 0 spiro atoms. The highest BCUT2D eigenvalue weighted by molar-refractivity contribution is 8.05. The maximum atomic E-state index is 2.45. The van der Waals surface area contributed by atoms with Crippen molar-refractivity contribution in [3.05, 3.63) is 151 Å². The number of rotatable bonds is 4. The van der Waals surface area contributed by atoms with E-state index in [0.717, 1.165) is 5.69 Å². The van der Waals surface area contributed by atoms with Gasteiger partial charge in [-0.15, -0.1) is 0 Å². The van der Waals surface area contributed by atoms with Crippen molar-refractivity contribution in [1.29, 1.82) is 0 Å². The van der Waals surface area contributed by atoms with E-state index < -0.39 is 0 Å². The molecular formula is C39H29NS2. The summed E-state index contributed by atoms with van der Waals surface area (Å²) in [6.45, 7) is 4.71. The molecule has 0 unspecified atom stereocenters. The minimum atomic E-state index is -0.0650. The van der Waals surface area contributed by atoms with Crippen molar-refractivity contribution in [3.63, 3.8) is 0 Å². The Labute approximate surface area is 256 Å². The van der Waals surface area contributed by atoms with Gasteiger partial charge < -0.3 is 4.90 Å². The number of hydrogen-bond acceptors (Lipinski definition) is 3. The molecule has 3 heteroatoms. The van der Waals surface area contributed by atoms with Crippen molar-refractivity contribution in [1.82, 2.24) is 0 Å². The van der Waals surface area contributed by atoms with Gasteiger partial charge >= 0.3 is 0 Å². The lowest BCUT2D eigenvalue weighted by molar-refractivity contribution is 0.660. The first-order valence-corrected chi connectivity index (χ1v) is 16.0. The van der Waals surface area contributed by atoms with E-state index in [4.69, 9.17) is 0 Å². The van der Waals surface area contributed by atoms with Crippen LogP contribution >= 0.6 is 23.5 Å². The highest BCUT2D eigenvalue weighted by atomic mass is 32.2. The van der Waals surface area contributed by atoms with Gasteiger partial charge in [-0.2, -0.15) is 0 Å². The largest absolute Gasteiger partial charge is 0.309 e. The molecule has 0 saturated carbocycles. The maximum absolute atomic E-state index is 2.45. The Morgan fingerprint density at radius 1 is 0.476 bits per heavy atom. The molecule has 1 nitrogen and oxygen atoms in total. The van der Waals surface area contributed by atoms with E-state index in [0.29, 0.717) is 0 Å². The van der Waals surface area contributed by atoms with E-state index in [9.17, 15) is 0 Å². The van der Waals surface area contributed by atoms with Crippen LogP contribution in [0.5, 0.6) is 0 Å². The summed E-state index contributed by atoms with van der Waals surface area (Å²) >= 11 is 3.75. The van der Waals surface area contributed by atoms with Gasteiger partial charge in [0.2, 0.25) is 0 Å². The van der Waals surface area contributed by atoms with Crippen LogP contribution in [0.1, 0.15) is 25.0 Å². The van der Waals surface area contributed by atoms with Gasteiger partial charge in [-0.05, 0) is 81.9 Å². The molecule has 0 bridgehead atoms. The molecule has 8 rings (SSSR count). The lowest BCUT2D eigenvalue weighted by Crippen LogP contribution is -2.17. The Balaban J connectivity index is 1.30. The zero-order chi connectivity index (χ0) is 28.3. The second-order valence-corrected chi connectivity index (χ2v) is 13.5. The van der Waals surface area contributed by atoms with Crippen LogP contribution in [-0.2, 0) is 5.41 Å². The van der Waals surface area contributed by atoms with E-state index in [1.807, 2.05) is 23.5 Å². The van der Waals surface area contributed by atoms with E-state index in [-0.39, 0.29) is 5.41 Å². The Kier molecular flexibility index (Phi) is 6.06. The molecule has 1 heterocycles. The smallest absolute Gasteiger partial charge is 0.0612 e. The standard InChI is InChI=1S/C39H29NS2/c1-39(2)32-14-7-6-13-30(32)31-24-23-29(25-33(31)39)40(28-21-19-27(20-22-28)26-11-4-3-5-12-26)34-15-10-18-37-38(34)42-36-17-9-8-16-35(36)41-37/h3-25H,1-2H3. The van der Waals surface area contributed by atoms with E-state index in [2.05, 4.69) is 158 Å². The van der Waals surface area contributed by atoms with Crippen molar-refractivity contribution < 1.29 is 0 Å². The zero-order valence-corrected chi connectivity index (χ0v) is 25.2. The fourth-order valence-corrected chi connectivity index (χ4v) is 8.77. The van der Waals surface area contributed by atoms with Crippen molar-refractivity contribution in [2.75, 3.05) is 4.90 Å². The normalized spacial score (nSPS) is 14.0. The second-order valence-electron chi connectivity index (χ2n) is 11.4. The first-order chi connectivity index (χ1) is 20.6. The second kappa shape index (κ2) is 9.97. The highest BCUT2D eigenvalue weighted by Crippen LogP contribution is 2.55. The Morgan fingerprint density at radius 2 is 1.10 bits per heavy atom. The SMILES string of the molecule is CC1(C)c2ccccc2-c2ccc(N(c3ccc(-c4ccccc4)cc3)c3cccc4c3Sc3ccccc3S4)cc21.